The Labute approximate surface area is 126 Å². The van der Waals surface area contributed by atoms with Gasteiger partial charge in [0, 0.05) is 6.54 Å². The van der Waals surface area contributed by atoms with Gasteiger partial charge in [0.2, 0.25) is 5.91 Å². The van der Waals surface area contributed by atoms with Crippen LogP contribution in [-0.4, -0.2) is 41.7 Å². The number of benzene rings is 1. The average Bonchev–Trinajstić information content (AvgIpc) is 2.74. The number of carbonyl (C=O) groups excluding carboxylic acids is 1. The van der Waals surface area contributed by atoms with Crippen LogP contribution in [0, 0.1) is 6.92 Å². The van der Waals surface area contributed by atoms with Crippen molar-refractivity contribution < 1.29 is 14.6 Å². The van der Waals surface area contributed by atoms with Crippen molar-refractivity contribution in [3.63, 3.8) is 0 Å². The monoisotopic (exact) mass is 291 g/mol. The number of aliphatic hydroxyl groups is 1. The largest absolute Gasteiger partial charge is 0.493 e. The summed E-state index contributed by atoms with van der Waals surface area (Å²) in [5.74, 6) is 0.921. The fourth-order valence-corrected chi connectivity index (χ4v) is 2.81. The van der Waals surface area contributed by atoms with Crippen LogP contribution < -0.4 is 4.74 Å². The zero-order chi connectivity index (χ0) is 15.1. The van der Waals surface area contributed by atoms with Gasteiger partial charge in [0.15, 0.2) is 0 Å². The molecule has 1 atom stereocenters. The van der Waals surface area contributed by atoms with Gasteiger partial charge in [-0.15, -0.1) is 0 Å². The first-order valence-electron chi connectivity index (χ1n) is 7.81. The van der Waals surface area contributed by atoms with Crippen LogP contribution in [0.5, 0.6) is 5.75 Å². The fraction of sp³-hybridized carbons (Fsp3) is 0.588. The van der Waals surface area contributed by atoms with Crippen molar-refractivity contribution in [3.8, 4) is 5.75 Å². The number of ether oxygens (including phenoxy) is 1. The summed E-state index contributed by atoms with van der Waals surface area (Å²) in [4.78, 5) is 14.2. The topological polar surface area (TPSA) is 49.8 Å². The third kappa shape index (κ3) is 4.46. The maximum absolute atomic E-state index is 12.3. The van der Waals surface area contributed by atoms with Crippen LogP contribution in [0.1, 0.15) is 37.7 Å². The lowest BCUT2D eigenvalue weighted by molar-refractivity contribution is -0.134. The number of para-hydroxylation sites is 1. The van der Waals surface area contributed by atoms with Gasteiger partial charge in [-0.25, -0.2) is 0 Å². The van der Waals surface area contributed by atoms with Crippen molar-refractivity contribution in [2.45, 2.75) is 45.1 Å². The van der Waals surface area contributed by atoms with Gasteiger partial charge < -0.3 is 14.7 Å². The van der Waals surface area contributed by atoms with Crippen molar-refractivity contribution in [1.29, 1.82) is 0 Å². The molecule has 1 saturated heterocycles. The summed E-state index contributed by atoms with van der Waals surface area (Å²) >= 11 is 0. The van der Waals surface area contributed by atoms with E-state index >= 15 is 0 Å². The summed E-state index contributed by atoms with van der Waals surface area (Å²) in [6.07, 6.45) is 4.53. The molecular formula is C17H25NO3. The lowest BCUT2D eigenvalue weighted by Gasteiger charge is -2.28. The lowest BCUT2D eigenvalue weighted by atomic mass is 10.1. The van der Waals surface area contributed by atoms with Crippen molar-refractivity contribution in [2.75, 3.05) is 19.8 Å². The molecule has 1 aliphatic rings. The second-order valence-electron chi connectivity index (χ2n) is 5.64. The molecule has 0 spiro atoms. The molecule has 2 rings (SSSR count). The Kier molecular flexibility index (Phi) is 6.05. The fourth-order valence-electron chi connectivity index (χ4n) is 2.81. The molecule has 116 valence electrons. The van der Waals surface area contributed by atoms with E-state index in [0.717, 1.165) is 43.5 Å². The van der Waals surface area contributed by atoms with Gasteiger partial charge in [-0.2, -0.15) is 0 Å². The molecule has 0 bridgehead atoms. The first kappa shape index (κ1) is 15.8. The number of carbonyl (C=O) groups is 1. The van der Waals surface area contributed by atoms with E-state index in [4.69, 9.17) is 4.74 Å². The van der Waals surface area contributed by atoms with Gasteiger partial charge >= 0.3 is 0 Å². The molecule has 4 heteroatoms. The number of hydrogen-bond donors (Lipinski definition) is 1. The molecule has 1 aliphatic heterocycles. The minimum Gasteiger partial charge on any atom is -0.493 e. The summed E-state index contributed by atoms with van der Waals surface area (Å²) in [5.41, 5.74) is 1.08. The highest BCUT2D eigenvalue weighted by Crippen LogP contribution is 2.19. The smallest absolute Gasteiger partial charge is 0.226 e. The summed E-state index contributed by atoms with van der Waals surface area (Å²) < 4.78 is 5.69. The summed E-state index contributed by atoms with van der Waals surface area (Å²) in [7, 11) is 0. The molecule has 1 aromatic carbocycles. The molecule has 1 amide bonds. The Hall–Kier alpha value is -1.55. The number of nitrogens with zero attached hydrogens (tertiary/aromatic N) is 1. The Morgan fingerprint density at radius 1 is 1.33 bits per heavy atom. The number of rotatable bonds is 5. The van der Waals surface area contributed by atoms with Crippen LogP contribution in [0.4, 0.5) is 0 Å². The van der Waals surface area contributed by atoms with Gasteiger partial charge in [0.1, 0.15) is 5.75 Å². The predicted octanol–water partition coefficient (Wildman–Crippen LogP) is 2.53. The van der Waals surface area contributed by atoms with Crippen LogP contribution in [0.15, 0.2) is 24.3 Å². The summed E-state index contributed by atoms with van der Waals surface area (Å²) in [6.45, 7) is 3.20. The van der Waals surface area contributed by atoms with E-state index in [0.29, 0.717) is 13.0 Å². The van der Waals surface area contributed by atoms with Gasteiger partial charge in [0.25, 0.3) is 0 Å². The second kappa shape index (κ2) is 8.03. The van der Waals surface area contributed by atoms with Gasteiger partial charge in [-0.3, -0.25) is 4.79 Å². The molecule has 0 aliphatic carbocycles. The quantitative estimate of drug-likeness (QED) is 0.907. The van der Waals surface area contributed by atoms with Crippen LogP contribution in [0.3, 0.4) is 0 Å². The lowest BCUT2D eigenvalue weighted by Crippen LogP contribution is -2.42. The van der Waals surface area contributed by atoms with E-state index in [1.54, 1.807) is 0 Å². The minimum atomic E-state index is -0.0153. The predicted molar refractivity (Wildman–Crippen MR) is 82.3 cm³/mol. The Balaban J connectivity index is 1.84. The molecule has 1 heterocycles. The first-order chi connectivity index (χ1) is 10.2. The molecule has 0 saturated carbocycles. The zero-order valence-electron chi connectivity index (χ0n) is 12.8. The molecular weight excluding hydrogens is 266 g/mol. The summed E-state index contributed by atoms with van der Waals surface area (Å²) in [6, 6.07) is 7.80. The minimum absolute atomic E-state index is 0.0153. The second-order valence-corrected chi connectivity index (χ2v) is 5.64. The van der Waals surface area contributed by atoms with Gasteiger partial charge in [0.05, 0.1) is 25.7 Å². The van der Waals surface area contributed by atoms with Crippen LogP contribution in [-0.2, 0) is 4.79 Å². The number of amides is 1. The molecule has 4 nitrogen and oxygen atoms in total. The number of likely N-dealkylation sites (tertiary alicyclic amines) is 1. The van der Waals surface area contributed by atoms with Crippen molar-refractivity contribution in [3.05, 3.63) is 29.8 Å². The van der Waals surface area contributed by atoms with E-state index in [-0.39, 0.29) is 18.6 Å². The molecule has 1 aromatic rings. The van der Waals surface area contributed by atoms with E-state index in [9.17, 15) is 9.90 Å². The Bertz CT molecular complexity index is 461. The van der Waals surface area contributed by atoms with Crippen molar-refractivity contribution in [2.24, 2.45) is 0 Å². The molecule has 21 heavy (non-hydrogen) atoms. The van der Waals surface area contributed by atoms with Gasteiger partial charge in [-0.1, -0.05) is 31.0 Å². The number of hydrogen-bond acceptors (Lipinski definition) is 3. The molecule has 1 N–H and O–H groups in total. The first-order valence-corrected chi connectivity index (χ1v) is 7.81. The average molecular weight is 291 g/mol. The van der Waals surface area contributed by atoms with E-state index in [1.807, 2.05) is 36.1 Å². The van der Waals surface area contributed by atoms with E-state index < -0.39 is 0 Å². The van der Waals surface area contributed by atoms with Crippen LogP contribution >= 0.6 is 0 Å². The summed E-state index contributed by atoms with van der Waals surface area (Å²) in [5, 5.41) is 9.45. The highest BCUT2D eigenvalue weighted by atomic mass is 16.5. The van der Waals surface area contributed by atoms with E-state index in [1.165, 1.54) is 0 Å². The molecule has 0 aromatic heterocycles. The SMILES string of the molecule is Cc1ccccc1OCCC(=O)N1CCCCCC1CO. The van der Waals surface area contributed by atoms with Crippen molar-refractivity contribution in [1.82, 2.24) is 4.90 Å². The highest BCUT2D eigenvalue weighted by Gasteiger charge is 2.24. The maximum atomic E-state index is 12.3. The van der Waals surface area contributed by atoms with Crippen molar-refractivity contribution >= 4 is 5.91 Å². The molecule has 1 fully saturated rings. The van der Waals surface area contributed by atoms with Gasteiger partial charge in [-0.05, 0) is 31.4 Å². The maximum Gasteiger partial charge on any atom is 0.226 e. The third-order valence-electron chi connectivity index (χ3n) is 4.08. The molecule has 1 unspecified atom stereocenters. The Morgan fingerprint density at radius 3 is 2.90 bits per heavy atom. The standard InChI is InChI=1S/C17H25NO3/c1-14-7-4-5-9-16(14)21-12-10-17(20)18-11-6-2-3-8-15(18)13-19/h4-5,7,9,15,19H,2-3,6,8,10-13H2,1H3. The molecule has 0 radical (unpaired) electrons. The van der Waals surface area contributed by atoms with Crippen LogP contribution in [0.2, 0.25) is 0 Å². The van der Waals surface area contributed by atoms with E-state index in [2.05, 4.69) is 0 Å². The third-order valence-corrected chi connectivity index (χ3v) is 4.08. The van der Waals surface area contributed by atoms with Crippen LogP contribution in [0.25, 0.3) is 0 Å². The highest BCUT2D eigenvalue weighted by molar-refractivity contribution is 5.76. The zero-order valence-corrected chi connectivity index (χ0v) is 12.8. The normalized spacial score (nSPS) is 19.1. The number of aryl methyl sites for hydroxylation is 1. The number of aliphatic hydroxyl groups excluding tert-OH is 1. The Morgan fingerprint density at radius 2 is 2.14 bits per heavy atom.